The van der Waals surface area contributed by atoms with E-state index in [0.29, 0.717) is 11.3 Å². The Hall–Kier alpha value is -3.00. The number of nitriles is 1. The van der Waals surface area contributed by atoms with Crippen LogP contribution in [-0.4, -0.2) is 19.1 Å². The van der Waals surface area contributed by atoms with Crippen LogP contribution < -0.4 is 15.4 Å². The van der Waals surface area contributed by atoms with Crippen LogP contribution in [0.4, 0.5) is 5.69 Å². The van der Waals surface area contributed by atoms with Crippen molar-refractivity contribution in [2.45, 2.75) is 12.8 Å². The highest BCUT2D eigenvalue weighted by Gasteiger charge is 2.31. The summed E-state index contributed by atoms with van der Waals surface area (Å²) in [6, 6.07) is 12.0. The topological polar surface area (TPSA) is 75.2 Å². The van der Waals surface area contributed by atoms with Gasteiger partial charge in [-0.2, -0.15) is 5.26 Å². The highest BCUT2D eigenvalue weighted by molar-refractivity contribution is 5.61. The molecular formula is C18H18N4O. The van der Waals surface area contributed by atoms with Crippen LogP contribution in [0.3, 0.4) is 0 Å². The van der Waals surface area contributed by atoms with Crippen LogP contribution in [0.25, 0.3) is 0 Å². The fourth-order valence-electron chi connectivity index (χ4n) is 2.72. The van der Waals surface area contributed by atoms with E-state index in [4.69, 9.17) is 10.5 Å². The van der Waals surface area contributed by atoms with Crippen molar-refractivity contribution in [3.8, 4) is 11.8 Å². The van der Waals surface area contributed by atoms with Crippen molar-refractivity contribution in [1.29, 1.82) is 5.26 Å². The summed E-state index contributed by atoms with van der Waals surface area (Å²) in [7, 11) is 3.93. The summed E-state index contributed by atoms with van der Waals surface area (Å²) in [6.07, 6.45) is 1.79. The van der Waals surface area contributed by atoms with Crippen LogP contribution in [-0.2, 0) is 0 Å². The van der Waals surface area contributed by atoms with Gasteiger partial charge in [0.25, 0.3) is 0 Å². The van der Waals surface area contributed by atoms with Gasteiger partial charge >= 0.3 is 0 Å². The number of rotatable bonds is 2. The molecule has 0 amide bonds. The molecule has 0 spiro atoms. The second kappa shape index (κ2) is 5.65. The minimum atomic E-state index is -0.256. The highest BCUT2D eigenvalue weighted by atomic mass is 16.5. The van der Waals surface area contributed by atoms with Crippen molar-refractivity contribution in [2.75, 3.05) is 19.0 Å². The lowest BCUT2D eigenvalue weighted by Gasteiger charge is -2.27. The van der Waals surface area contributed by atoms with Gasteiger partial charge in [0.2, 0.25) is 5.88 Å². The fraction of sp³-hybridized carbons (Fsp3) is 0.222. The highest BCUT2D eigenvalue weighted by Crippen LogP contribution is 2.43. The quantitative estimate of drug-likeness (QED) is 0.923. The normalized spacial score (nSPS) is 16.3. The van der Waals surface area contributed by atoms with E-state index in [1.807, 2.05) is 56.3 Å². The van der Waals surface area contributed by atoms with Crippen LogP contribution in [0.2, 0.25) is 0 Å². The Bertz CT molecular complexity index is 816. The molecule has 2 aromatic rings. The molecule has 1 atom stereocenters. The molecular weight excluding hydrogens is 288 g/mol. The third-order valence-electron chi connectivity index (χ3n) is 3.99. The van der Waals surface area contributed by atoms with Crippen LogP contribution in [0, 0.1) is 18.3 Å². The number of nitrogens with zero attached hydrogens (tertiary/aromatic N) is 3. The molecule has 1 aliphatic heterocycles. The van der Waals surface area contributed by atoms with Crippen LogP contribution in [0.1, 0.15) is 22.7 Å². The van der Waals surface area contributed by atoms with E-state index in [9.17, 15) is 5.26 Å². The Morgan fingerprint density at radius 1 is 1.26 bits per heavy atom. The summed E-state index contributed by atoms with van der Waals surface area (Å²) in [4.78, 5) is 6.34. The van der Waals surface area contributed by atoms with E-state index < -0.39 is 0 Å². The second-order valence-electron chi connectivity index (χ2n) is 5.77. The molecule has 1 aliphatic rings. The van der Waals surface area contributed by atoms with Crippen molar-refractivity contribution in [3.05, 3.63) is 64.8 Å². The minimum Gasteiger partial charge on any atom is -0.440 e. The summed E-state index contributed by atoms with van der Waals surface area (Å²) in [5.41, 5.74) is 10.2. The predicted octanol–water partition coefficient (Wildman–Crippen LogP) is 2.67. The minimum absolute atomic E-state index is 0.154. The van der Waals surface area contributed by atoms with E-state index in [0.717, 1.165) is 22.5 Å². The molecule has 0 saturated heterocycles. The van der Waals surface area contributed by atoms with Crippen molar-refractivity contribution < 1.29 is 4.74 Å². The maximum Gasteiger partial charge on any atom is 0.205 e. The van der Waals surface area contributed by atoms with Gasteiger partial charge in [0.1, 0.15) is 17.4 Å². The number of benzene rings is 1. The van der Waals surface area contributed by atoms with E-state index in [-0.39, 0.29) is 11.8 Å². The van der Waals surface area contributed by atoms with Crippen LogP contribution >= 0.6 is 0 Å². The predicted molar refractivity (Wildman–Crippen MR) is 89.0 cm³/mol. The molecule has 0 fully saturated rings. The number of hydrogen-bond acceptors (Lipinski definition) is 5. The van der Waals surface area contributed by atoms with E-state index in [1.54, 1.807) is 6.20 Å². The maximum absolute atomic E-state index is 9.52. The van der Waals surface area contributed by atoms with Gasteiger partial charge in [0, 0.05) is 43.3 Å². The third kappa shape index (κ3) is 2.59. The van der Waals surface area contributed by atoms with E-state index in [1.165, 1.54) is 0 Å². The number of aromatic nitrogens is 1. The Morgan fingerprint density at radius 2 is 2.04 bits per heavy atom. The molecule has 0 aliphatic carbocycles. The Morgan fingerprint density at radius 3 is 2.65 bits per heavy atom. The molecule has 23 heavy (non-hydrogen) atoms. The lowest BCUT2D eigenvalue weighted by Crippen LogP contribution is -2.21. The number of pyridine rings is 1. The van der Waals surface area contributed by atoms with E-state index >= 15 is 0 Å². The molecule has 1 unspecified atom stereocenters. The first-order chi connectivity index (χ1) is 11.0. The summed E-state index contributed by atoms with van der Waals surface area (Å²) in [6.45, 7) is 1.93. The van der Waals surface area contributed by atoms with Gasteiger partial charge in [0.15, 0.2) is 0 Å². The summed E-state index contributed by atoms with van der Waals surface area (Å²) < 4.78 is 5.69. The monoisotopic (exact) mass is 306 g/mol. The molecule has 5 nitrogen and oxygen atoms in total. The Balaban J connectivity index is 2.17. The summed E-state index contributed by atoms with van der Waals surface area (Å²) in [5.74, 6) is 0.577. The van der Waals surface area contributed by atoms with Crippen LogP contribution in [0.5, 0.6) is 5.75 Å². The van der Waals surface area contributed by atoms with Gasteiger partial charge in [-0.15, -0.1) is 0 Å². The van der Waals surface area contributed by atoms with Crippen molar-refractivity contribution in [3.63, 3.8) is 0 Å². The van der Waals surface area contributed by atoms with Gasteiger partial charge in [-0.25, -0.2) is 0 Å². The summed E-state index contributed by atoms with van der Waals surface area (Å²) >= 11 is 0. The Labute approximate surface area is 135 Å². The lowest BCUT2D eigenvalue weighted by molar-refractivity contribution is 0.393. The van der Waals surface area contributed by atoms with Gasteiger partial charge in [-0.3, -0.25) is 4.98 Å². The van der Waals surface area contributed by atoms with Gasteiger partial charge < -0.3 is 15.4 Å². The molecule has 3 rings (SSSR count). The first-order valence-electron chi connectivity index (χ1n) is 7.32. The lowest BCUT2D eigenvalue weighted by atomic mass is 9.84. The number of nitrogens with two attached hydrogens (primary N) is 1. The summed E-state index contributed by atoms with van der Waals surface area (Å²) in [5, 5.41) is 9.52. The molecule has 0 bridgehead atoms. The third-order valence-corrected chi connectivity index (χ3v) is 3.99. The van der Waals surface area contributed by atoms with Crippen LogP contribution in [0.15, 0.2) is 48.0 Å². The molecule has 5 heteroatoms. The van der Waals surface area contributed by atoms with Crippen molar-refractivity contribution >= 4 is 5.69 Å². The first kappa shape index (κ1) is 14.9. The molecule has 1 aromatic heterocycles. The number of hydrogen-bond donors (Lipinski definition) is 1. The molecule has 2 heterocycles. The van der Waals surface area contributed by atoms with Crippen molar-refractivity contribution in [2.24, 2.45) is 5.73 Å². The smallest absolute Gasteiger partial charge is 0.205 e. The average Bonchev–Trinajstić information content (AvgIpc) is 2.53. The zero-order valence-corrected chi connectivity index (χ0v) is 13.4. The largest absolute Gasteiger partial charge is 0.440 e. The number of anilines is 1. The van der Waals surface area contributed by atoms with Gasteiger partial charge in [-0.05, 0) is 24.6 Å². The van der Waals surface area contributed by atoms with Crippen molar-refractivity contribution in [1.82, 2.24) is 4.98 Å². The maximum atomic E-state index is 9.52. The molecule has 0 radical (unpaired) electrons. The molecule has 116 valence electrons. The second-order valence-corrected chi connectivity index (χ2v) is 5.77. The number of aryl methyl sites for hydroxylation is 1. The zero-order valence-electron chi connectivity index (χ0n) is 13.4. The SMILES string of the molecule is Cc1ccc(C2C(C#N)=C(N)Oc3cc(N(C)C)ccc32)cn1. The first-order valence-corrected chi connectivity index (χ1v) is 7.32. The Kier molecular flexibility index (Phi) is 3.67. The molecule has 0 saturated carbocycles. The number of ether oxygens (including phenoxy) is 1. The zero-order chi connectivity index (χ0) is 16.6. The molecule has 2 N–H and O–H groups in total. The van der Waals surface area contributed by atoms with Gasteiger partial charge in [-0.1, -0.05) is 12.1 Å². The average molecular weight is 306 g/mol. The number of allylic oxidation sites excluding steroid dienone is 1. The number of fused-ring (bicyclic) bond motifs is 1. The van der Waals surface area contributed by atoms with E-state index in [2.05, 4.69) is 11.1 Å². The fourth-order valence-corrected chi connectivity index (χ4v) is 2.72. The van der Waals surface area contributed by atoms with Gasteiger partial charge in [0.05, 0.1) is 5.92 Å². The molecule has 1 aromatic carbocycles. The standard InChI is InChI=1S/C18H18N4O/c1-11-4-5-12(10-21-11)17-14-7-6-13(22(2)3)8-16(14)23-18(20)15(17)9-19/h4-8,10,17H,20H2,1-3H3.